The molecule has 1 saturated carbocycles. The lowest BCUT2D eigenvalue weighted by Crippen LogP contribution is -2.29. The van der Waals surface area contributed by atoms with Crippen LogP contribution >= 0.6 is 11.8 Å². The van der Waals surface area contributed by atoms with Crippen LogP contribution in [0, 0.1) is 0 Å². The molecule has 15 heavy (non-hydrogen) atoms. The van der Waals surface area contributed by atoms with Gasteiger partial charge in [0.25, 0.3) is 0 Å². The molecule has 0 aliphatic heterocycles. The molecule has 3 nitrogen and oxygen atoms in total. The second-order valence-corrected chi connectivity index (χ2v) is 5.44. The summed E-state index contributed by atoms with van der Waals surface area (Å²) in [5, 5.41) is 4.25. The van der Waals surface area contributed by atoms with Crippen molar-refractivity contribution >= 4 is 17.7 Å². The van der Waals surface area contributed by atoms with E-state index in [9.17, 15) is 4.79 Å². The van der Waals surface area contributed by atoms with Crippen molar-refractivity contribution in [1.29, 1.82) is 0 Å². The maximum atomic E-state index is 10.9. The Bertz CT molecular complexity index is 199. The van der Waals surface area contributed by atoms with E-state index in [2.05, 4.69) is 28.7 Å². The number of rotatable bonds is 6. The molecule has 0 aromatic rings. The van der Waals surface area contributed by atoms with Crippen molar-refractivity contribution in [2.45, 2.75) is 43.9 Å². The fourth-order valence-electron chi connectivity index (χ4n) is 1.99. The summed E-state index contributed by atoms with van der Waals surface area (Å²) in [6.45, 7) is 2.96. The fraction of sp³-hybridized carbons (Fsp3) is 0.909. The van der Waals surface area contributed by atoms with Gasteiger partial charge in [-0.1, -0.05) is 6.92 Å². The number of ether oxygens (including phenoxy) is 1. The highest BCUT2D eigenvalue weighted by molar-refractivity contribution is 7.99. The Labute approximate surface area is 96.3 Å². The lowest BCUT2D eigenvalue weighted by molar-refractivity contribution is -0.140. The van der Waals surface area contributed by atoms with Crippen LogP contribution in [0.1, 0.15) is 32.6 Å². The Morgan fingerprint density at radius 1 is 1.53 bits per heavy atom. The first-order chi connectivity index (χ1) is 7.26. The summed E-state index contributed by atoms with van der Waals surface area (Å²) in [6.07, 6.45) is 4.30. The number of hydrogen-bond acceptors (Lipinski definition) is 4. The second kappa shape index (κ2) is 7.12. The zero-order chi connectivity index (χ0) is 11.1. The first-order valence-electron chi connectivity index (χ1n) is 5.68. The minimum atomic E-state index is -0.125. The van der Waals surface area contributed by atoms with Crippen LogP contribution < -0.4 is 5.32 Å². The molecule has 2 atom stereocenters. The van der Waals surface area contributed by atoms with Gasteiger partial charge in [-0.15, -0.1) is 0 Å². The standard InChI is InChI=1S/C11H21NO2S/c1-3-15-10-5-4-9(8-10)12-7-6-11(13)14-2/h9-10,12H,3-8H2,1-2H3. The highest BCUT2D eigenvalue weighted by atomic mass is 32.2. The van der Waals surface area contributed by atoms with E-state index in [1.165, 1.54) is 32.1 Å². The van der Waals surface area contributed by atoms with Crippen LogP contribution in [0.25, 0.3) is 0 Å². The van der Waals surface area contributed by atoms with Gasteiger partial charge in [-0.2, -0.15) is 11.8 Å². The SMILES string of the molecule is CCSC1CCC(NCCC(=O)OC)C1. The largest absolute Gasteiger partial charge is 0.469 e. The molecule has 1 fully saturated rings. The molecule has 1 rings (SSSR count). The normalized spacial score (nSPS) is 25.5. The second-order valence-electron chi connectivity index (χ2n) is 3.87. The van der Waals surface area contributed by atoms with Crippen molar-refractivity contribution in [3.05, 3.63) is 0 Å². The molecule has 2 unspecified atom stereocenters. The van der Waals surface area contributed by atoms with Gasteiger partial charge in [0, 0.05) is 17.8 Å². The van der Waals surface area contributed by atoms with Gasteiger partial charge in [0.15, 0.2) is 0 Å². The Kier molecular flexibility index (Phi) is 6.10. The predicted octanol–water partition coefficient (Wildman–Crippen LogP) is 1.81. The van der Waals surface area contributed by atoms with Crippen molar-refractivity contribution in [3.8, 4) is 0 Å². The van der Waals surface area contributed by atoms with Crippen LogP contribution in [-0.4, -0.2) is 36.7 Å². The van der Waals surface area contributed by atoms with E-state index in [1.807, 2.05) is 0 Å². The fourth-order valence-corrected chi connectivity index (χ4v) is 3.14. The van der Waals surface area contributed by atoms with Crippen molar-refractivity contribution < 1.29 is 9.53 Å². The molecule has 0 bridgehead atoms. The van der Waals surface area contributed by atoms with Gasteiger partial charge in [0.1, 0.15) is 0 Å². The summed E-state index contributed by atoms with van der Waals surface area (Å²) in [7, 11) is 1.44. The number of esters is 1. The summed E-state index contributed by atoms with van der Waals surface area (Å²) in [4.78, 5) is 10.9. The van der Waals surface area contributed by atoms with Gasteiger partial charge >= 0.3 is 5.97 Å². The Balaban J connectivity index is 2.06. The van der Waals surface area contributed by atoms with Gasteiger partial charge in [-0.3, -0.25) is 4.79 Å². The molecule has 1 aliphatic rings. The quantitative estimate of drug-likeness (QED) is 0.708. The summed E-state index contributed by atoms with van der Waals surface area (Å²) < 4.78 is 4.59. The average molecular weight is 231 g/mol. The lowest BCUT2D eigenvalue weighted by Gasteiger charge is -2.12. The molecule has 1 N–H and O–H groups in total. The van der Waals surface area contributed by atoms with Crippen LogP contribution in [0.3, 0.4) is 0 Å². The zero-order valence-electron chi connectivity index (χ0n) is 9.62. The first kappa shape index (κ1) is 12.8. The monoisotopic (exact) mass is 231 g/mol. The molecular weight excluding hydrogens is 210 g/mol. The minimum Gasteiger partial charge on any atom is -0.469 e. The van der Waals surface area contributed by atoms with E-state index >= 15 is 0 Å². The van der Waals surface area contributed by atoms with Crippen molar-refractivity contribution in [2.24, 2.45) is 0 Å². The maximum absolute atomic E-state index is 10.9. The molecule has 4 heteroatoms. The molecule has 88 valence electrons. The van der Waals surface area contributed by atoms with Gasteiger partial charge < -0.3 is 10.1 Å². The number of carbonyl (C=O) groups is 1. The van der Waals surface area contributed by atoms with E-state index in [1.54, 1.807) is 0 Å². The van der Waals surface area contributed by atoms with Gasteiger partial charge in [-0.25, -0.2) is 0 Å². The first-order valence-corrected chi connectivity index (χ1v) is 6.73. The molecule has 0 amide bonds. The minimum absolute atomic E-state index is 0.125. The smallest absolute Gasteiger partial charge is 0.306 e. The van der Waals surface area contributed by atoms with Crippen LogP contribution in [0.5, 0.6) is 0 Å². The van der Waals surface area contributed by atoms with Gasteiger partial charge in [0.05, 0.1) is 13.5 Å². The highest BCUT2D eigenvalue weighted by Crippen LogP contribution is 2.29. The molecule has 0 radical (unpaired) electrons. The van der Waals surface area contributed by atoms with Crippen LogP contribution in [0.15, 0.2) is 0 Å². The van der Waals surface area contributed by atoms with E-state index in [0.29, 0.717) is 12.5 Å². The predicted molar refractivity (Wildman–Crippen MR) is 64.2 cm³/mol. The van der Waals surface area contributed by atoms with E-state index < -0.39 is 0 Å². The maximum Gasteiger partial charge on any atom is 0.306 e. The molecule has 0 spiro atoms. The average Bonchev–Trinajstić information content (AvgIpc) is 2.66. The summed E-state index contributed by atoms with van der Waals surface area (Å²) in [5.74, 6) is 1.08. The van der Waals surface area contributed by atoms with E-state index in [4.69, 9.17) is 0 Å². The summed E-state index contributed by atoms with van der Waals surface area (Å²) in [5.41, 5.74) is 0. The summed E-state index contributed by atoms with van der Waals surface area (Å²) >= 11 is 2.06. The lowest BCUT2D eigenvalue weighted by atomic mass is 10.2. The molecular formula is C11H21NO2S. The third-order valence-electron chi connectivity index (χ3n) is 2.78. The highest BCUT2D eigenvalue weighted by Gasteiger charge is 2.23. The van der Waals surface area contributed by atoms with Gasteiger partial charge in [-0.05, 0) is 25.0 Å². The number of methoxy groups -OCH3 is 1. The molecule has 0 saturated heterocycles. The van der Waals surface area contributed by atoms with Crippen LogP contribution in [0.4, 0.5) is 0 Å². The van der Waals surface area contributed by atoms with E-state index in [0.717, 1.165) is 11.8 Å². The third kappa shape index (κ3) is 4.89. The van der Waals surface area contributed by atoms with E-state index in [-0.39, 0.29) is 5.97 Å². The molecule has 1 aliphatic carbocycles. The molecule has 0 aromatic carbocycles. The third-order valence-corrected chi connectivity index (χ3v) is 4.01. The number of nitrogens with one attached hydrogen (secondary N) is 1. The number of carbonyl (C=O) groups excluding carboxylic acids is 1. The summed E-state index contributed by atoms with van der Waals surface area (Å²) in [6, 6.07) is 0.610. The van der Waals surface area contributed by atoms with Crippen LogP contribution in [0.2, 0.25) is 0 Å². The Morgan fingerprint density at radius 2 is 2.33 bits per heavy atom. The van der Waals surface area contributed by atoms with Gasteiger partial charge in [0.2, 0.25) is 0 Å². The number of hydrogen-bond donors (Lipinski definition) is 1. The Morgan fingerprint density at radius 3 is 3.00 bits per heavy atom. The van der Waals surface area contributed by atoms with Crippen molar-refractivity contribution in [3.63, 3.8) is 0 Å². The molecule has 0 aromatic heterocycles. The topological polar surface area (TPSA) is 38.3 Å². The Hall–Kier alpha value is -0.220. The van der Waals surface area contributed by atoms with Crippen molar-refractivity contribution in [1.82, 2.24) is 5.32 Å². The zero-order valence-corrected chi connectivity index (χ0v) is 10.4. The van der Waals surface area contributed by atoms with Crippen molar-refractivity contribution in [2.75, 3.05) is 19.4 Å². The van der Waals surface area contributed by atoms with Crippen LogP contribution in [-0.2, 0) is 9.53 Å². The number of thioether (sulfide) groups is 1. The molecule has 0 heterocycles.